The number of rotatable bonds is 7. The lowest BCUT2D eigenvalue weighted by Gasteiger charge is -2.20. The number of aryl methyl sites for hydroxylation is 1. The molecule has 0 unspecified atom stereocenters. The summed E-state index contributed by atoms with van der Waals surface area (Å²) in [5.74, 6) is -0.821. The number of anilines is 1. The maximum absolute atomic E-state index is 13.1. The van der Waals surface area contributed by atoms with Crippen LogP contribution in [-0.2, 0) is 21.4 Å². The normalized spacial score (nSPS) is 11.5. The van der Waals surface area contributed by atoms with E-state index in [-0.39, 0.29) is 25.4 Å². The summed E-state index contributed by atoms with van der Waals surface area (Å²) in [6.45, 7) is 2.20. The van der Waals surface area contributed by atoms with Gasteiger partial charge in [0.15, 0.2) is 0 Å². The van der Waals surface area contributed by atoms with Gasteiger partial charge in [-0.2, -0.15) is 4.31 Å². The first-order valence-electron chi connectivity index (χ1n) is 7.80. The zero-order valence-corrected chi connectivity index (χ0v) is 15.0. The molecule has 2 rings (SSSR count). The third kappa shape index (κ3) is 6.28. The Labute approximate surface area is 147 Å². The van der Waals surface area contributed by atoms with Crippen LogP contribution in [0.3, 0.4) is 0 Å². The Hall–Kier alpha value is -2.25. The predicted molar refractivity (Wildman–Crippen MR) is 96.1 cm³/mol. The van der Waals surface area contributed by atoms with Crippen molar-refractivity contribution in [2.75, 3.05) is 18.1 Å². The van der Waals surface area contributed by atoms with E-state index in [0.717, 1.165) is 17.4 Å². The minimum atomic E-state index is -3.46. The van der Waals surface area contributed by atoms with Crippen molar-refractivity contribution in [3.05, 3.63) is 65.5 Å². The molecule has 7 heteroatoms. The van der Waals surface area contributed by atoms with Gasteiger partial charge >= 0.3 is 0 Å². The molecule has 0 heterocycles. The Balaban J connectivity index is 1.98. The van der Waals surface area contributed by atoms with E-state index in [2.05, 4.69) is 5.32 Å². The molecule has 0 aliphatic carbocycles. The molecule has 2 aromatic carbocycles. The standard InChI is InChI=1S/C18H21FN2O3S/c1-14-6-8-15(9-7-14)13-21(25(2,23)24)11-10-18(22)20-17-5-3-4-16(19)12-17/h3-9,12H,10-11,13H2,1-2H3,(H,20,22). The summed E-state index contributed by atoms with van der Waals surface area (Å²) >= 11 is 0. The Bertz CT molecular complexity index is 836. The molecule has 1 amide bonds. The van der Waals surface area contributed by atoms with E-state index < -0.39 is 15.8 Å². The molecule has 0 atom stereocenters. The highest BCUT2D eigenvalue weighted by atomic mass is 32.2. The van der Waals surface area contributed by atoms with Gasteiger partial charge in [-0.3, -0.25) is 4.79 Å². The minimum Gasteiger partial charge on any atom is -0.326 e. The highest BCUT2D eigenvalue weighted by Crippen LogP contribution is 2.12. The van der Waals surface area contributed by atoms with Crippen LogP contribution in [0.15, 0.2) is 48.5 Å². The van der Waals surface area contributed by atoms with Crippen molar-refractivity contribution in [1.82, 2.24) is 4.31 Å². The van der Waals surface area contributed by atoms with Crippen molar-refractivity contribution in [2.45, 2.75) is 19.9 Å². The molecular formula is C18H21FN2O3S. The first kappa shape index (κ1) is 19.1. The number of nitrogens with one attached hydrogen (secondary N) is 1. The largest absolute Gasteiger partial charge is 0.326 e. The number of nitrogens with zero attached hydrogens (tertiary/aromatic N) is 1. The SMILES string of the molecule is Cc1ccc(CN(CCC(=O)Nc2cccc(F)c2)S(C)(=O)=O)cc1. The lowest BCUT2D eigenvalue weighted by atomic mass is 10.1. The first-order valence-corrected chi connectivity index (χ1v) is 9.65. The lowest BCUT2D eigenvalue weighted by molar-refractivity contribution is -0.116. The van der Waals surface area contributed by atoms with Crippen molar-refractivity contribution < 1.29 is 17.6 Å². The Morgan fingerprint density at radius 2 is 1.84 bits per heavy atom. The average Bonchev–Trinajstić information content (AvgIpc) is 2.52. The monoisotopic (exact) mass is 364 g/mol. The van der Waals surface area contributed by atoms with Crippen LogP contribution in [-0.4, -0.2) is 31.4 Å². The maximum Gasteiger partial charge on any atom is 0.225 e. The third-order valence-electron chi connectivity index (χ3n) is 3.65. The van der Waals surface area contributed by atoms with Crippen molar-refractivity contribution in [2.24, 2.45) is 0 Å². The fourth-order valence-electron chi connectivity index (χ4n) is 2.28. The molecule has 0 aliphatic rings. The lowest BCUT2D eigenvalue weighted by Crippen LogP contribution is -2.32. The number of halogens is 1. The van der Waals surface area contributed by atoms with Crippen molar-refractivity contribution in [3.63, 3.8) is 0 Å². The molecular weight excluding hydrogens is 343 g/mol. The van der Waals surface area contributed by atoms with Crippen LogP contribution in [0.4, 0.5) is 10.1 Å². The van der Waals surface area contributed by atoms with E-state index in [1.165, 1.54) is 22.5 Å². The average molecular weight is 364 g/mol. The van der Waals surface area contributed by atoms with Crippen molar-refractivity contribution >= 4 is 21.6 Å². The summed E-state index contributed by atoms with van der Waals surface area (Å²) in [5, 5.41) is 2.56. The van der Waals surface area contributed by atoms with Crippen molar-refractivity contribution in [3.8, 4) is 0 Å². The van der Waals surface area contributed by atoms with E-state index >= 15 is 0 Å². The number of benzene rings is 2. The third-order valence-corrected chi connectivity index (χ3v) is 4.89. The first-order chi connectivity index (χ1) is 11.7. The number of carbonyl (C=O) groups is 1. The quantitative estimate of drug-likeness (QED) is 0.821. The smallest absolute Gasteiger partial charge is 0.225 e. The Morgan fingerprint density at radius 3 is 2.44 bits per heavy atom. The highest BCUT2D eigenvalue weighted by Gasteiger charge is 2.18. The second-order valence-corrected chi connectivity index (χ2v) is 7.87. The van der Waals surface area contributed by atoms with Gasteiger partial charge in [0.05, 0.1) is 6.26 Å². The van der Waals surface area contributed by atoms with E-state index in [0.29, 0.717) is 5.69 Å². The van der Waals surface area contributed by atoms with E-state index in [1.54, 1.807) is 6.07 Å². The predicted octanol–water partition coefficient (Wildman–Crippen LogP) is 2.92. The summed E-state index contributed by atoms with van der Waals surface area (Å²) in [5.41, 5.74) is 2.28. The van der Waals surface area contributed by atoms with Crippen LogP contribution in [0, 0.1) is 12.7 Å². The van der Waals surface area contributed by atoms with Gasteiger partial charge in [0.1, 0.15) is 5.82 Å². The molecule has 0 radical (unpaired) electrons. The number of sulfonamides is 1. The van der Waals surface area contributed by atoms with Gasteiger partial charge in [0.25, 0.3) is 0 Å². The Morgan fingerprint density at radius 1 is 1.16 bits per heavy atom. The van der Waals surface area contributed by atoms with Crippen LogP contribution in [0.2, 0.25) is 0 Å². The molecule has 2 aromatic rings. The summed E-state index contributed by atoms with van der Waals surface area (Å²) < 4.78 is 38.3. The van der Waals surface area contributed by atoms with E-state index in [1.807, 2.05) is 31.2 Å². The zero-order chi connectivity index (χ0) is 18.4. The van der Waals surface area contributed by atoms with Gasteiger partial charge in [-0.25, -0.2) is 12.8 Å². The molecule has 1 N–H and O–H groups in total. The molecule has 0 bridgehead atoms. The van der Waals surface area contributed by atoms with Crippen LogP contribution in [0.25, 0.3) is 0 Å². The van der Waals surface area contributed by atoms with E-state index in [9.17, 15) is 17.6 Å². The molecule has 0 fully saturated rings. The second kappa shape index (κ2) is 8.22. The van der Waals surface area contributed by atoms with Crippen LogP contribution in [0.5, 0.6) is 0 Å². The van der Waals surface area contributed by atoms with Crippen LogP contribution in [0.1, 0.15) is 17.5 Å². The zero-order valence-electron chi connectivity index (χ0n) is 14.2. The topological polar surface area (TPSA) is 66.5 Å². The number of hydrogen-bond donors (Lipinski definition) is 1. The van der Waals surface area contributed by atoms with Crippen molar-refractivity contribution in [1.29, 1.82) is 0 Å². The summed E-state index contributed by atoms with van der Waals surface area (Å²) in [7, 11) is -3.46. The molecule has 0 aromatic heterocycles. The van der Waals surface area contributed by atoms with Crippen LogP contribution < -0.4 is 5.32 Å². The number of carbonyl (C=O) groups excluding carboxylic acids is 1. The highest BCUT2D eigenvalue weighted by molar-refractivity contribution is 7.88. The summed E-state index contributed by atoms with van der Waals surface area (Å²) in [6, 6.07) is 13.1. The van der Waals surface area contributed by atoms with Gasteiger partial charge < -0.3 is 5.32 Å². The van der Waals surface area contributed by atoms with E-state index in [4.69, 9.17) is 0 Å². The molecule has 0 spiro atoms. The fourth-order valence-corrected chi connectivity index (χ4v) is 3.08. The van der Waals surface area contributed by atoms with Gasteiger partial charge in [0.2, 0.25) is 15.9 Å². The fraction of sp³-hybridized carbons (Fsp3) is 0.278. The van der Waals surface area contributed by atoms with Gasteiger partial charge in [-0.05, 0) is 30.7 Å². The van der Waals surface area contributed by atoms with Crippen LogP contribution >= 0.6 is 0 Å². The minimum absolute atomic E-state index is 0.0184. The molecule has 25 heavy (non-hydrogen) atoms. The molecule has 0 saturated heterocycles. The summed E-state index contributed by atoms with van der Waals surface area (Å²) in [4.78, 5) is 12.0. The van der Waals surface area contributed by atoms with Gasteiger partial charge in [0, 0.05) is 25.2 Å². The molecule has 0 saturated carbocycles. The van der Waals surface area contributed by atoms with Gasteiger partial charge in [-0.1, -0.05) is 35.9 Å². The maximum atomic E-state index is 13.1. The molecule has 0 aliphatic heterocycles. The number of amides is 1. The van der Waals surface area contributed by atoms with Gasteiger partial charge in [-0.15, -0.1) is 0 Å². The molecule has 5 nitrogen and oxygen atoms in total. The Kier molecular flexibility index (Phi) is 6.27. The number of hydrogen-bond acceptors (Lipinski definition) is 3. The summed E-state index contributed by atoms with van der Waals surface area (Å²) in [6.07, 6.45) is 1.10. The molecule has 134 valence electrons. The second-order valence-electron chi connectivity index (χ2n) is 5.89.